The van der Waals surface area contributed by atoms with Gasteiger partial charge in [-0.25, -0.2) is 0 Å². The lowest BCUT2D eigenvalue weighted by molar-refractivity contribution is -0.128. The molecule has 3 N–H and O–H groups in total. The van der Waals surface area contributed by atoms with Crippen LogP contribution in [0.3, 0.4) is 0 Å². The third kappa shape index (κ3) is 6.97. The molecule has 0 bridgehead atoms. The maximum absolute atomic E-state index is 13.0. The lowest BCUT2D eigenvalue weighted by atomic mass is 9.89. The van der Waals surface area contributed by atoms with Gasteiger partial charge in [-0.1, -0.05) is 43.5 Å². The minimum absolute atomic E-state index is 0.0117. The molecule has 2 amide bonds. The van der Waals surface area contributed by atoms with Crippen LogP contribution in [0, 0.1) is 5.92 Å². The maximum atomic E-state index is 13.0. The summed E-state index contributed by atoms with van der Waals surface area (Å²) < 4.78 is 5.98. The molecule has 34 heavy (non-hydrogen) atoms. The van der Waals surface area contributed by atoms with E-state index in [9.17, 15) is 9.59 Å². The van der Waals surface area contributed by atoms with E-state index in [-0.39, 0.29) is 30.9 Å². The molecule has 2 aromatic rings. The van der Waals surface area contributed by atoms with Crippen LogP contribution in [0.25, 0.3) is 0 Å². The molecule has 182 valence electrons. The number of carbonyl (C=O) groups excluding carboxylic acids is 2. The molecular weight excluding hydrogens is 428 g/mol. The van der Waals surface area contributed by atoms with E-state index in [0.717, 1.165) is 17.9 Å². The van der Waals surface area contributed by atoms with Crippen molar-refractivity contribution >= 4 is 17.5 Å². The SMILES string of the molecule is NC1CCN(C(=O)CN(CC(=O)NCC2CCCCC2)c2cccc(Oc3ccccc3)c2)C1. The fourth-order valence-corrected chi connectivity index (χ4v) is 4.76. The Hall–Kier alpha value is -3.06. The highest BCUT2D eigenvalue weighted by Crippen LogP contribution is 2.26. The molecular formula is C27H36N4O3. The van der Waals surface area contributed by atoms with Crippen molar-refractivity contribution < 1.29 is 14.3 Å². The van der Waals surface area contributed by atoms with Crippen LogP contribution in [0.4, 0.5) is 5.69 Å². The number of carbonyl (C=O) groups is 2. The first-order valence-electron chi connectivity index (χ1n) is 12.4. The first-order chi connectivity index (χ1) is 16.6. The summed E-state index contributed by atoms with van der Waals surface area (Å²) in [5.41, 5.74) is 6.78. The Morgan fingerprint density at radius 3 is 2.47 bits per heavy atom. The monoisotopic (exact) mass is 464 g/mol. The standard InChI is InChI=1S/C27H36N4O3/c28-22-14-15-30(18-22)27(33)20-31(19-26(32)29-17-21-8-3-1-4-9-21)23-10-7-13-25(16-23)34-24-11-5-2-6-12-24/h2,5-7,10-13,16,21-22H,1,3-4,8-9,14-15,17-20,28H2,(H,29,32). The second-order valence-corrected chi connectivity index (χ2v) is 9.47. The topological polar surface area (TPSA) is 87.9 Å². The van der Waals surface area contributed by atoms with Crippen molar-refractivity contribution in [3.05, 3.63) is 54.6 Å². The smallest absolute Gasteiger partial charge is 0.242 e. The number of nitrogens with one attached hydrogen (secondary N) is 1. The van der Waals surface area contributed by atoms with Crippen LogP contribution in [0.15, 0.2) is 54.6 Å². The third-order valence-corrected chi connectivity index (χ3v) is 6.71. The first-order valence-corrected chi connectivity index (χ1v) is 12.4. The normalized spacial score (nSPS) is 18.5. The van der Waals surface area contributed by atoms with Gasteiger partial charge in [-0.05, 0) is 49.4 Å². The third-order valence-electron chi connectivity index (χ3n) is 6.71. The van der Waals surface area contributed by atoms with E-state index >= 15 is 0 Å². The first kappa shape index (κ1) is 24.1. The largest absolute Gasteiger partial charge is 0.457 e. The summed E-state index contributed by atoms with van der Waals surface area (Å²) in [6, 6.07) is 17.1. The second kappa shape index (κ2) is 11.9. The van der Waals surface area contributed by atoms with Crippen LogP contribution in [-0.4, -0.2) is 55.5 Å². The number of hydrogen-bond acceptors (Lipinski definition) is 5. The number of anilines is 1. The van der Waals surface area contributed by atoms with E-state index in [1.54, 1.807) is 4.90 Å². The molecule has 2 aromatic carbocycles. The van der Waals surface area contributed by atoms with Gasteiger partial charge in [0.05, 0.1) is 13.1 Å². The Labute approximate surface area is 202 Å². The van der Waals surface area contributed by atoms with Gasteiger partial charge in [0.25, 0.3) is 0 Å². The molecule has 0 spiro atoms. The molecule has 1 heterocycles. The molecule has 2 fully saturated rings. The number of nitrogens with two attached hydrogens (primary N) is 1. The Kier molecular flexibility index (Phi) is 8.41. The fraction of sp³-hybridized carbons (Fsp3) is 0.481. The average molecular weight is 465 g/mol. The number of para-hydroxylation sites is 1. The summed E-state index contributed by atoms with van der Waals surface area (Å²) in [4.78, 5) is 29.5. The van der Waals surface area contributed by atoms with Crippen LogP contribution >= 0.6 is 0 Å². The molecule has 1 saturated carbocycles. The van der Waals surface area contributed by atoms with Gasteiger partial charge in [-0.15, -0.1) is 0 Å². The molecule has 4 rings (SSSR count). The summed E-state index contributed by atoms with van der Waals surface area (Å²) in [6.45, 7) is 2.18. The van der Waals surface area contributed by atoms with E-state index in [4.69, 9.17) is 10.5 Å². The highest BCUT2D eigenvalue weighted by molar-refractivity contribution is 5.86. The predicted molar refractivity (Wildman–Crippen MR) is 134 cm³/mol. The van der Waals surface area contributed by atoms with Crippen molar-refractivity contribution in [2.75, 3.05) is 37.6 Å². The van der Waals surface area contributed by atoms with E-state index in [1.807, 2.05) is 59.5 Å². The molecule has 7 nitrogen and oxygen atoms in total. The number of amides is 2. The number of nitrogens with zero attached hydrogens (tertiary/aromatic N) is 2. The number of likely N-dealkylation sites (tertiary alicyclic amines) is 1. The second-order valence-electron chi connectivity index (χ2n) is 9.47. The summed E-state index contributed by atoms with van der Waals surface area (Å²) in [7, 11) is 0. The zero-order valence-electron chi connectivity index (χ0n) is 19.8. The fourth-order valence-electron chi connectivity index (χ4n) is 4.76. The number of rotatable bonds is 9. The van der Waals surface area contributed by atoms with Gasteiger partial charge in [0.15, 0.2) is 0 Å². The van der Waals surface area contributed by atoms with Crippen molar-refractivity contribution in [1.82, 2.24) is 10.2 Å². The Morgan fingerprint density at radius 2 is 1.74 bits per heavy atom. The van der Waals surface area contributed by atoms with Crippen LogP contribution in [-0.2, 0) is 9.59 Å². The minimum atomic E-state index is -0.0640. The molecule has 0 radical (unpaired) electrons. The molecule has 1 aliphatic carbocycles. The van der Waals surface area contributed by atoms with Crippen molar-refractivity contribution in [3.63, 3.8) is 0 Å². The summed E-state index contributed by atoms with van der Waals surface area (Å²) in [5.74, 6) is 1.88. The van der Waals surface area contributed by atoms with Crippen molar-refractivity contribution in [1.29, 1.82) is 0 Å². The summed E-state index contributed by atoms with van der Waals surface area (Å²) in [6.07, 6.45) is 6.95. The van der Waals surface area contributed by atoms with Crippen molar-refractivity contribution in [3.8, 4) is 11.5 Å². The number of benzene rings is 2. The zero-order chi connectivity index (χ0) is 23.8. The Morgan fingerprint density at radius 1 is 0.971 bits per heavy atom. The van der Waals surface area contributed by atoms with Gasteiger partial charge < -0.3 is 25.6 Å². The van der Waals surface area contributed by atoms with Crippen LogP contribution < -0.4 is 20.7 Å². The van der Waals surface area contributed by atoms with Crippen molar-refractivity contribution in [2.45, 2.75) is 44.6 Å². The number of ether oxygens (including phenoxy) is 1. The van der Waals surface area contributed by atoms with Gasteiger partial charge in [0, 0.05) is 37.4 Å². The van der Waals surface area contributed by atoms with E-state index in [0.29, 0.717) is 31.3 Å². The predicted octanol–water partition coefficient (Wildman–Crippen LogP) is 3.54. The van der Waals surface area contributed by atoms with Crippen LogP contribution in [0.1, 0.15) is 38.5 Å². The maximum Gasteiger partial charge on any atom is 0.242 e. The zero-order valence-corrected chi connectivity index (χ0v) is 19.8. The number of hydrogen-bond donors (Lipinski definition) is 2. The summed E-state index contributed by atoms with van der Waals surface area (Å²) in [5, 5.41) is 3.10. The van der Waals surface area contributed by atoms with Gasteiger partial charge in [-0.3, -0.25) is 9.59 Å². The van der Waals surface area contributed by atoms with Gasteiger partial charge in [0.1, 0.15) is 11.5 Å². The molecule has 1 atom stereocenters. The molecule has 1 unspecified atom stereocenters. The van der Waals surface area contributed by atoms with Gasteiger partial charge >= 0.3 is 0 Å². The highest BCUT2D eigenvalue weighted by atomic mass is 16.5. The highest BCUT2D eigenvalue weighted by Gasteiger charge is 2.26. The molecule has 7 heteroatoms. The lowest BCUT2D eigenvalue weighted by Crippen LogP contribution is -2.45. The van der Waals surface area contributed by atoms with E-state index in [1.165, 1.54) is 32.1 Å². The minimum Gasteiger partial charge on any atom is -0.457 e. The van der Waals surface area contributed by atoms with Crippen molar-refractivity contribution in [2.24, 2.45) is 11.7 Å². The average Bonchev–Trinajstić information content (AvgIpc) is 3.30. The lowest BCUT2D eigenvalue weighted by Gasteiger charge is -2.27. The van der Waals surface area contributed by atoms with E-state index in [2.05, 4.69) is 5.32 Å². The van der Waals surface area contributed by atoms with Gasteiger partial charge in [-0.2, -0.15) is 0 Å². The quantitative estimate of drug-likeness (QED) is 0.593. The van der Waals surface area contributed by atoms with Gasteiger partial charge in [0.2, 0.25) is 11.8 Å². The molecule has 1 saturated heterocycles. The van der Waals surface area contributed by atoms with Crippen LogP contribution in [0.5, 0.6) is 11.5 Å². The molecule has 1 aliphatic heterocycles. The Balaban J connectivity index is 1.44. The van der Waals surface area contributed by atoms with Crippen LogP contribution in [0.2, 0.25) is 0 Å². The summed E-state index contributed by atoms with van der Waals surface area (Å²) >= 11 is 0. The Bertz CT molecular complexity index is 946. The molecule has 2 aliphatic rings. The molecule has 0 aromatic heterocycles. The van der Waals surface area contributed by atoms with E-state index < -0.39 is 0 Å².